The van der Waals surface area contributed by atoms with E-state index in [0.29, 0.717) is 17.9 Å². The zero-order chi connectivity index (χ0) is 24.0. The molecule has 3 heteroatoms. The molecule has 0 unspecified atom stereocenters. The number of ether oxygens (including phenoxy) is 2. The van der Waals surface area contributed by atoms with Crippen molar-refractivity contribution in [1.82, 2.24) is 0 Å². The van der Waals surface area contributed by atoms with E-state index >= 15 is 0 Å². The highest BCUT2D eigenvalue weighted by atomic mass is 16.5. The maximum Gasteiger partial charge on any atom is 0.343 e. The Morgan fingerprint density at radius 2 is 1.41 bits per heavy atom. The topological polar surface area (TPSA) is 35.5 Å². The van der Waals surface area contributed by atoms with Crippen LogP contribution in [0.3, 0.4) is 0 Å². The van der Waals surface area contributed by atoms with Gasteiger partial charge in [0, 0.05) is 0 Å². The fourth-order valence-corrected chi connectivity index (χ4v) is 3.77. The van der Waals surface area contributed by atoms with Crippen molar-refractivity contribution in [3.63, 3.8) is 0 Å². The van der Waals surface area contributed by atoms with Gasteiger partial charge in [0.05, 0.1) is 12.2 Å². The number of carbonyl (C=O) groups is 1. The first-order valence-electron chi connectivity index (χ1n) is 12.4. The molecular formula is C31H36O3. The van der Waals surface area contributed by atoms with E-state index in [1.807, 2.05) is 42.5 Å². The molecule has 0 amide bonds. The highest BCUT2D eigenvalue weighted by Gasteiger charge is 2.09. The average Bonchev–Trinajstić information content (AvgIpc) is 2.88. The molecule has 3 aromatic carbocycles. The summed E-state index contributed by atoms with van der Waals surface area (Å²) in [5.41, 5.74) is 4.14. The number of benzene rings is 3. The van der Waals surface area contributed by atoms with E-state index < -0.39 is 0 Å². The van der Waals surface area contributed by atoms with E-state index in [4.69, 9.17) is 9.47 Å². The molecule has 0 N–H and O–H groups in total. The van der Waals surface area contributed by atoms with Crippen molar-refractivity contribution in [2.75, 3.05) is 6.61 Å². The third-order valence-corrected chi connectivity index (χ3v) is 5.83. The molecule has 0 radical (unpaired) electrons. The molecule has 3 aromatic rings. The average molecular weight is 457 g/mol. The second-order valence-electron chi connectivity index (χ2n) is 8.58. The van der Waals surface area contributed by atoms with Crippen molar-refractivity contribution in [1.29, 1.82) is 0 Å². The van der Waals surface area contributed by atoms with Crippen LogP contribution in [0.15, 0.2) is 85.5 Å². The lowest BCUT2D eigenvalue weighted by Crippen LogP contribution is -2.08. The summed E-state index contributed by atoms with van der Waals surface area (Å²) in [6, 6.07) is 23.5. The fraction of sp³-hybridized carbons (Fsp3) is 0.323. The van der Waals surface area contributed by atoms with Gasteiger partial charge in [-0.3, -0.25) is 0 Å². The molecule has 0 fully saturated rings. The first-order valence-corrected chi connectivity index (χ1v) is 12.4. The molecule has 0 aromatic heterocycles. The SMILES string of the molecule is C=CCCCCOc1ccc(OC(=O)c2ccc(-c3ccc(CCCCCC)cc3)cc2)cc1. The highest BCUT2D eigenvalue weighted by Crippen LogP contribution is 2.23. The minimum atomic E-state index is -0.368. The van der Waals surface area contributed by atoms with Crippen molar-refractivity contribution in [3.05, 3.63) is 96.6 Å². The number of aryl methyl sites for hydroxylation is 1. The molecule has 0 spiro atoms. The zero-order valence-electron chi connectivity index (χ0n) is 20.3. The minimum Gasteiger partial charge on any atom is -0.494 e. The molecular weight excluding hydrogens is 420 g/mol. The summed E-state index contributed by atoms with van der Waals surface area (Å²) in [4.78, 5) is 12.5. The standard InChI is InChI=1S/C31H36O3/c1-3-5-7-9-11-25-12-14-26(15-13-25)27-16-18-28(19-17-27)31(32)34-30-22-20-29(21-23-30)33-24-10-8-6-4-2/h4,12-23H,2-3,5-11,24H2,1H3. The Bertz CT molecular complexity index is 1000. The number of rotatable bonds is 14. The molecule has 3 rings (SSSR count). The van der Waals surface area contributed by atoms with Crippen LogP contribution in [0, 0.1) is 0 Å². The van der Waals surface area contributed by atoms with Gasteiger partial charge in [-0.05, 0) is 85.2 Å². The summed E-state index contributed by atoms with van der Waals surface area (Å²) < 4.78 is 11.2. The van der Waals surface area contributed by atoms with Gasteiger partial charge in [-0.25, -0.2) is 4.79 Å². The van der Waals surface area contributed by atoms with Gasteiger partial charge in [0.15, 0.2) is 0 Å². The van der Waals surface area contributed by atoms with E-state index in [9.17, 15) is 4.79 Å². The number of unbranched alkanes of at least 4 members (excludes halogenated alkanes) is 5. The van der Waals surface area contributed by atoms with Crippen molar-refractivity contribution >= 4 is 5.97 Å². The quantitative estimate of drug-likeness (QED) is 0.106. The van der Waals surface area contributed by atoms with Gasteiger partial charge in [0.2, 0.25) is 0 Å². The van der Waals surface area contributed by atoms with Gasteiger partial charge in [0.1, 0.15) is 11.5 Å². The van der Waals surface area contributed by atoms with Gasteiger partial charge < -0.3 is 9.47 Å². The third-order valence-electron chi connectivity index (χ3n) is 5.83. The van der Waals surface area contributed by atoms with Crippen LogP contribution in [-0.4, -0.2) is 12.6 Å². The summed E-state index contributed by atoms with van der Waals surface area (Å²) in [5, 5.41) is 0. The Hall–Kier alpha value is -3.33. The maximum absolute atomic E-state index is 12.5. The Kier molecular flexibility index (Phi) is 10.4. The smallest absolute Gasteiger partial charge is 0.343 e. The number of hydrogen-bond acceptors (Lipinski definition) is 3. The Labute approximate surface area is 204 Å². The monoisotopic (exact) mass is 456 g/mol. The van der Waals surface area contributed by atoms with Crippen LogP contribution in [0.5, 0.6) is 11.5 Å². The first-order chi connectivity index (χ1) is 16.7. The first kappa shape index (κ1) is 25.3. The molecule has 0 heterocycles. The molecule has 0 atom stereocenters. The maximum atomic E-state index is 12.5. The second kappa shape index (κ2) is 14.0. The van der Waals surface area contributed by atoms with E-state index in [0.717, 1.165) is 42.6 Å². The molecule has 0 aliphatic heterocycles. The number of allylic oxidation sites excluding steroid dienone is 1. The van der Waals surface area contributed by atoms with Gasteiger partial charge in [-0.15, -0.1) is 6.58 Å². The van der Waals surface area contributed by atoms with Crippen molar-refractivity contribution in [2.24, 2.45) is 0 Å². The Morgan fingerprint density at radius 3 is 2.06 bits per heavy atom. The lowest BCUT2D eigenvalue weighted by Gasteiger charge is -2.08. The van der Waals surface area contributed by atoms with Crippen LogP contribution in [0.2, 0.25) is 0 Å². The van der Waals surface area contributed by atoms with Gasteiger partial charge >= 0.3 is 5.97 Å². The van der Waals surface area contributed by atoms with Crippen LogP contribution in [0.25, 0.3) is 11.1 Å². The summed E-state index contributed by atoms with van der Waals surface area (Å²) in [6.07, 6.45) is 11.2. The second-order valence-corrected chi connectivity index (χ2v) is 8.58. The minimum absolute atomic E-state index is 0.368. The van der Waals surface area contributed by atoms with Crippen LogP contribution < -0.4 is 9.47 Å². The molecule has 0 aliphatic carbocycles. The van der Waals surface area contributed by atoms with E-state index in [1.165, 1.54) is 31.2 Å². The normalized spacial score (nSPS) is 10.6. The summed E-state index contributed by atoms with van der Waals surface area (Å²) in [6.45, 7) is 6.63. The van der Waals surface area contributed by atoms with E-state index in [-0.39, 0.29) is 5.97 Å². The molecule has 0 saturated carbocycles. The van der Waals surface area contributed by atoms with Crippen molar-refractivity contribution < 1.29 is 14.3 Å². The van der Waals surface area contributed by atoms with Crippen LogP contribution in [0.4, 0.5) is 0 Å². The predicted octanol–water partition coefficient (Wildman–Crippen LogP) is 8.43. The van der Waals surface area contributed by atoms with Crippen molar-refractivity contribution in [2.45, 2.75) is 58.3 Å². The molecule has 0 bridgehead atoms. The van der Waals surface area contributed by atoms with Crippen LogP contribution in [-0.2, 0) is 6.42 Å². The predicted molar refractivity (Wildman–Crippen MR) is 141 cm³/mol. The summed E-state index contributed by atoms with van der Waals surface area (Å²) >= 11 is 0. The van der Waals surface area contributed by atoms with E-state index in [1.54, 1.807) is 12.1 Å². The number of carbonyl (C=O) groups excluding carboxylic acids is 1. The fourth-order valence-electron chi connectivity index (χ4n) is 3.77. The zero-order valence-corrected chi connectivity index (χ0v) is 20.3. The van der Waals surface area contributed by atoms with Gasteiger partial charge in [-0.2, -0.15) is 0 Å². The Morgan fingerprint density at radius 1 is 0.765 bits per heavy atom. The largest absolute Gasteiger partial charge is 0.494 e. The lowest BCUT2D eigenvalue weighted by atomic mass is 10.0. The summed E-state index contributed by atoms with van der Waals surface area (Å²) in [5.74, 6) is 0.907. The molecule has 0 saturated heterocycles. The highest BCUT2D eigenvalue weighted by molar-refractivity contribution is 5.91. The molecule has 34 heavy (non-hydrogen) atoms. The third kappa shape index (κ3) is 8.22. The van der Waals surface area contributed by atoms with Crippen molar-refractivity contribution in [3.8, 4) is 22.6 Å². The van der Waals surface area contributed by atoms with Crippen LogP contribution >= 0.6 is 0 Å². The Balaban J connectivity index is 1.49. The molecule has 178 valence electrons. The lowest BCUT2D eigenvalue weighted by molar-refractivity contribution is 0.0734. The van der Waals surface area contributed by atoms with Gasteiger partial charge in [-0.1, -0.05) is 68.7 Å². The number of esters is 1. The van der Waals surface area contributed by atoms with E-state index in [2.05, 4.69) is 37.8 Å². The molecule has 3 nitrogen and oxygen atoms in total. The number of hydrogen-bond donors (Lipinski definition) is 0. The van der Waals surface area contributed by atoms with Crippen LogP contribution in [0.1, 0.15) is 67.8 Å². The van der Waals surface area contributed by atoms with Gasteiger partial charge in [0.25, 0.3) is 0 Å². The summed E-state index contributed by atoms with van der Waals surface area (Å²) in [7, 11) is 0. The molecule has 0 aliphatic rings.